The summed E-state index contributed by atoms with van der Waals surface area (Å²) < 4.78 is 27.3. The Morgan fingerprint density at radius 3 is 2.27 bits per heavy atom. The van der Waals surface area contributed by atoms with Gasteiger partial charge in [0.15, 0.2) is 0 Å². The molecule has 1 saturated carbocycles. The lowest BCUT2D eigenvalue weighted by molar-refractivity contribution is -0.130. The van der Waals surface area contributed by atoms with E-state index < -0.39 is 5.92 Å². The number of benzene rings is 1. The number of piperidine rings is 1. The van der Waals surface area contributed by atoms with Gasteiger partial charge in [-0.1, -0.05) is 30.3 Å². The number of alkyl halides is 2. The molecule has 5 rings (SSSR count). The van der Waals surface area contributed by atoms with Crippen LogP contribution in [0.25, 0.3) is 0 Å². The molecule has 8 heteroatoms. The summed E-state index contributed by atoms with van der Waals surface area (Å²) in [5.74, 6) is -3.06. The lowest BCUT2D eigenvalue weighted by atomic mass is 9.81. The van der Waals surface area contributed by atoms with Gasteiger partial charge in [0.05, 0.1) is 11.6 Å². The molecule has 1 spiro atoms. The molecule has 6 nitrogen and oxygen atoms in total. The van der Waals surface area contributed by atoms with Gasteiger partial charge < -0.3 is 15.1 Å². The Morgan fingerprint density at radius 1 is 1.03 bits per heavy atom. The van der Waals surface area contributed by atoms with E-state index in [0.29, 0.717) is 12.1 Å². The Labute approximate surface area is 219 Å². The normalized spacial score (nSPS) is 30.8. The van der Waals surface area contributed by atoms with Crippen LogP contribution in [-0.2, 0) is 4.79 Å². The third-order valence-electron chi connectivity index (χ3n) is 9.54. The molecule has 3 heterocycles. The smallest absolute Gasteiger partial charge is 0.320 e. The zero-order valence-corrected chi connectivity index (χ0v) is 22.3. The number of hydrogen-bond acceptors (Lipinski definition) is 3. The summed E-state index contributed by atoms with van der Waals surface area (Å²) in [5.41, 5.74) is 1.01. The monoisotopic (exact) mass is 516 g/mol. The summed E-state index contributed by atoms with van der Waals surface area (Å²) in [6.45, 7) is 7.38. The van der Waals surface area contributed by atoms with Gasteiger partial charge in [-0.3, -0.25) is 9.69 Å². The van der Waals surface area contributed by atoms with E-state index in [4.69, 9.17) is 0 Å². The number of hydrogen-bond donors (Lipinski definition) is 1. The first-order valence-corrected chi connectivity index (χ1v) is 14.3. The molecule has 3 atom stereocenters. The maximum absolute atomic E-state index is 13.6. The fraction of sp³-hybridized carbons (Fsp3) is 0.724. The number of carbonyl (C=O) groups is 2. The maximum Gasteiger partial charge on any atom is 0.320 e. The average Bonchev–Trinajstić information content (AvgIpc) is 3.29. The predicted molar refractivity (Wildman–Crippen MR) is 139 cm³/mol. The van der Waals surface area contributed by atoms with Crippen LogP contribution in [0.4, 0.5) is 13.6 Å². The van der Waals surface area contributed by atoms with Gasteiger partial charge >= 0.3 is 6.03 Å². The zero-order valence-electron chi connectivity index (χ0n) is 22.3. The van der Waals surface area contributed by atoms with Gasteiger partial charge in [-0.15, -0.1) is 0 Å². The molecule has 0 radical (unpaired) electrons. The molecule has 1 aliphatic carbocycles. The molecule has 3 amide bonds. The zero-order chi connectivity index (χ0) is 26.2. The van der Waals surface area contributed by atoms with Crippen molar-refractivity contribution in [3.63, 3.8) is 0 Å². The van der Waals surface area contributed by atoms with Crippen molar-refractivity contribution in [3.05, 3.63) is 35.9 Å². The Hall–Kier alpha value is -2.22. The Balaban J connectivity index is 1.25. The van der Waals surface area contributed by atoms with E-state index in [1.807, 2.05) is 35.2 Å². The Bertz CT molecular complexity index is 950. The van der Waals surface area contributed by atoms with Gasteiger partial charge in [0, 0.05) is 57.0 Å². The highest BCUT2D eigenvalue weighted by Crippen LogP contribution is 2.47. The minimum Gasteiger partial charge on any atom is -0.349 e. The molecular formula is C29H42F2N4O2. The molecule has 3 saturated heterocycles. The van der Waals surface area contributed by atoms with Crippen molar-refractivity contribution in [1.29, 1.82) is 0 Å². The summed E-state index contributed by atoms with van der Waals surface area (Å²) in [6.07, 6.45) is 5.22. The van der Waals surface area contributed by atoms with Gasteiger partial charge in [-0.05, 0) is 64.4 Å². The largest absolute Gasteiger partial charge is 0.349 e. The number of likely N-dealkylation sites (N-methyl/N-ethyl adjacent to an activating group) is 2. The number of nitrogens with one attached hydrogen (secondary N) is 1. The minimum absolute atomic E-state index is 0.0553. The molecule has 1 aromatic carbocycles. The molecule has 37 heavy (non-hydrogen) atoms. The quantitative estimate of drug-likeness (QED) is 0.517. The second-order valence-electron chi connectivity index (χ2n) is 11.7. The van der Waals surface area contributed by atoms with Crippen LogP contribution in [0.1, 0.15) is 83.2 Å². The van der Waals surface area contributed by atoms with Crippen LogP contribution in [0.5, 0.6) is 0 Å². The fourth-order valence-electron chi connectivity index (χ4n) is 7.61. The maximum atomic E-state index is 13.6. The van der Waals surface area contributed by atoms with Gasteiger partial charge in [0.1, 0.15) is 0 Å². The number of fused-ring (bicyclic) bond motifs is 2. The Morgan fingerprint density at radius 2 is 1.68 bits per heavy atom. The number of halogens is 2. The summed E-state index contributed by atoms with van der Waals surface area (Å²) >= 11 is 0. The van der Waals surface area contributed by atoms with Crippen LogP contribution in [-0.4, -0.2) is 76.4 Å². The third-order valence-corrected chi connectivity index (χ3v) is 9.54. The molecule has 4 fully saturated rings. The Kier molecular flexibility index (Phi) is 7.49. The van der Waals surface area contributed by atoms with Crippen molar-refractivity contribution >= 4 is 11.9 Å². The first kappa shape index (κ1) is 26.4. The van der Waals surface area contributed by atoms with E-state index in [1.165, 1.54) is 0 Å². The van der Waals surface area contributed by atoms with E-state index in [1.54, 1.807) is 0 Å². The number of rotatable bonds is 8. The number of urea groups is 1. The van der Waals surface area contributed by atoms with Crippen LogP contribution >= 0.6 is 0 Å². The van der Waals surface area contributed by atoms with Gasteiger partial charge in [0.2, 0.25) is 11.8 Å². The summed E-state index contributed by atoms with van der Waals surface area (Å²) in [6, 6.07) is 11.0. The van der Waals surface area contributed by atoms with Crippen molar-refractivity contribution in [1.82, 2.24) is 20.0 Å². The topological polar surface area (TPSA) is 55.9 Å². The van der Waals surface area contributed by atoms with Crippen molar-refractivity contribution in [2.24, 2.45) is 5.92 Å². The van der Waals surface area contributed by atoms with Crippen molar-refractivity contribution in [3.8, 4) is 0 Å². The highest BCUT2D eigenvalue weighted by Gasteiger charge is 2.56. The van der Waals surface area contributed by atoms with Gasteiger partial charge in [0.25, 0.3) is 0 Å². The van der Waals surface area contributed by atoms with Crippen LogP contribution in [0.15, 0.2) is 30.3 Å². The third kappa shape index (κ3) is 5.23. The second kappa shape index (κ2) is 10.5. The van der Waals surface area contributed by atoms with E-state index >= 15 is 0 Å². The van der Waals surface area contributed by atoms with E-state index in [9.17, 15) is 18.4 Å². The highest BCUT2D eigenvalue weighted by atomic mass is 19.3. The average molecular weight is 517 g/mol. The second-order valence-corrected chi connectivity index (χ2v) is 11.7. The van der Waals surface area contributed by atoms with Crippen LogP contribution in [0, 0.1) is 5.92 Å². The summed E-state index contributed by atoms with van der Waals surface area (Å²) in [4.78, 5) is 32.8. The van der Waals surface area contributed by atoms with E-state index in [-0.39, 0.29) is 55.1 Å². The van der Waals surface area contributed by atoms with Crippen LogP contribution in [0.2, 0.25) is 0 Å². The lowest BCUT2D eigenvalue weighted by Crippen LogP contribution is -2.58. The first-order chi connectivity index (χ1) is 17.7. The molecular weight excluding hydrogens is 474 g/mol. The van der Waals surface area contributed by atoms with E-state index in [2.05, 4.69) is 29.0 Å². The van der Waals surface area contributed by atoms with E-state index in [0.717, 1.165) is 63.8 Å². The molecule has 2 bridgehead atoms. The van der Waals surface area contributed by atoms with Crippen molar-refractivity contribution in [2.75, 3.05) is 26.2 Å². The number of nitrogens with zero attached hydrogens (tertiary/aromatic N) is 3. The molecule has 204 valence electrons. The number of amides is 3. The summed E-state index contributed by atoms with van der Waals surface area (Å²) in [7, 11) is 0. The van der Waals surface area contributed by atoms with Gasteiger partial charge in [-0.2, -0.15) is 0 Å². The van der Waals surface area contributed by atoms with Gasteiger partial charge in [-0.25, -0.2) is 13.6 Å². The standard InChI is InChI=1S/C29H42F2N4O2/c1-3-33-20-28(35(4-2)27(33)37)18-23-10-11-24(19-28)34(23)17-14-25(21-8-6-5-7-9-21)32-26(36)22-12-15-29(30,31)16-13-22/h5-9,22-25H,3-4,10-20H2,1-2H3,(H,32,36)/t23?,24?,25-,28?/m0/s1. The molecule has 2 unspecified atom stereocenters. The number of carbonyl (C=O) groups excluding carboxylic acids is 2. The lowest BCUT2D eigenvalue weighted by Gasteiger charge is -2.48. The van der Waals surface area contributed by atoms with Crippen molar-refractivity contribution < 1.29 is 18.4 Å². The molecule has 0 aromatic heterocycles. The molecule has 3 aliphatic heterocycles. The predicted octanol–water partition coefficient (Wildman–Crippen LogP) is 5.20. The summed E-state index contributed by atoms with van der Waals surface area (Å²) in [5, 5.41) is 3.23. The fourth-order valence-corrected chi connectivity index (χ4v) is 7.61. The van der Waals surface area contributed by atoms with Crippen LogP contribution in [0.3, 0.4) is 0 Å². The van der Waals surface area contributed by atoms with Crippen molar-refractivity contribution in [2.45, 2.75) is 101 Å². The first-order valence-electron chi connectivity index (χ1n) is 14.3. The SMILES string of the molecule is CCN1CC2(CC3CCC(C2)N3CC[C@H](NC(=O)C2CCC(F)(F)CC2)c2ccccc2)N(CC)C1=O. The molecule has 1 N–H and O–H groups in total. The minimum atomic E-state index is -2.63. The molecule has 1 aromatic rings. The van der Waals surface area contributed by atoms with Crippen LogP contribution < -0.4 is 5.32 Å². The highest BCUT2D eigenvalue weighted by molar-refractivity contribution is 5.79. The molecule has 4 aliphatic rings.